The van der Waals surface area contributed by atoms with E-state index in [-0.39, 0.29) is 17.4 Å². The van der Waals surface area contributed by atoms with Crippen LogP contribution in [0.2, 0.25) is 0 Å². The molecule has 0 heterocycles. The van der Waals surface area contributed by atoms with Gasteiger partial charge in [-0.25, -0.2) is 0 Å². The predicted molar refractivity (Wildman–Crippen MR) is 120 cm³/mol. The smallest absolute Gasteiger partial charge is 0.217 e. The van der Waals surface area contributed by atoms with E-state index in [4.69, 9.17) is 19.9 Å². The monoisotopic (exact) mass is 427 g/mol. The number of amides is 1. The molecule has 0 saturated carbocycles. The van der Waals surface area contributed by atoms with Gasteiger partial charge in [-0.1, -0.05) is 6.07 Å². The number of fused-ring (bicyclic) bond motifs is 3. The van der Waals surface area contributed by atoms with Crippen LogP contribution < -0.4 is 36.0 Å². The lowest BCUT2D eigenvalue weighted by Gasteiger charge is -2.19. The predicted octanol–water partition coefficient (Wildman–Crippen LogP) is 2.23. The fourth-order valence-electron chi connectivity index (χ4n) is 4.06. The number of carbonyl (C=O) groups is 1. The van der Waals surface area contributed by atoms with Crippen molar-refractivity contribution in [3.63, 3.8) is 0 Å². The molecule has 1 atom stereocenters. The summed E-state index contributed by atoms with van der Waals surface area (Å²) in [7, 11) is 4.71. The first-order valence-corrected chi connectivity index (χ1v) is 10.2. The highest BCUT2D eigenvalue weighted by Gasteiger charge is 2.29. The molecule has 0 spiro atoms. The van der Waals surface area contributed by atoms with Gasteiger partial charge in [0.15, 0.2) is 11.5 Å². The van der Waals surface area contributed by atoms with E-state index in [1.807, 2.05) is 12.1 Å². The molecule has 8 heteroatoms. The zero-order valence-corrected chi connectivity index (χ0v) is 18.3. The van der Waals surface area contributed by atoms with Crippen molar-refractivity contribution in [2.24, 2.45) is 5.73 Å². The second kappa shape index (κ2) is 9.70. The highest BCUT2D eigenvalue weighted by atomic mass is 16.5. The molecule has 2 aromatic carbocycles. The molecule has 0 fully saturated rings. The Morgan fingerprint density at radius 3 is 2.48 bits per heavy atom. The van der Waals surface area contributed by atoms with Crippen LogP contribution in [0.25, 0.3) is 11.1 Å². The standard InChI is InChI=1S/C23H29N3O5/c1-13(27)26-17-7-5-14-11-20(29-2)22(30-3)23(31-4)21(14)15-6-8-18(25-10-9-24)19(28)12-16(15)17/h6,8,11-12,17H,5,7,9-10,24H2,1-4H3,(H,25,28)(H,26,27)/t17-/m0/s1. The lowest BCUT2D eigenvalue weighted by Crippen LogP contribution is -2.26. The third kappa shape index (κ3) is 4.44. The number of hydrogen-bond donors (Lipinski definition) is 3. The van der Waals surface area contributed by atoms with Gasteiger partial charge in [-0.2, -0.15) is 0 Å². The van der Waals surface area contributed by atoms with Crippen LogP contribution in [0.5, 0.6) is 17.2 Å². The van der Waals surface area contributed by atoms with E-state index in [1.165, 1.54) is 6.92 Å². The number of nitrogens with one attached hydrogen (secondary N) is 2. The zero-order valence-electron chi connectivity index (χ0n) is 18.3. The molecule has 0 radical (unpaired) electrons. The van der Waals surface area contributed by atoms with Crippen molar-refractivity contribution < 1.29 is 19.0 Å². The maximum atomic E-state index is 12.9. The van der Waals surface area contributed by atoms with Gasteiger partial charge in [-0.3, -0.25) is 9.59 Å². The van der Waals surface area contributed by atoms with Crippen LogP contribution in [0.1, 0.15) is 30.5 Å². The summed E-state index contributed by atoms with van der Waals surface area (Å²) in [5, 5.41) is 6.06. The highest BCUT2D eigenvalue weighted by Crippen LogP contribution is 2.50. The van der Waals surface area contributed by atoms with E-state index in [1.54, 1.807) is 33.5 Å². The molecule has 8 nitrogen and oxygen atoms in total. The Bertz CT molecular complexity index is 1040. The van der Waals surface area contributed by atoms with Gasteiger partial charge in [0.1, 0.15) is 0 Å². The van der Waals surface area contributed by atoms with Gasteiger partial charge in [0.2, 0.25) is 17.1 Å². The van der Waals surface area contributed by atoms with Crippen molar-refractivity contribution in [2.45, 2.75) is 25.8 Å². The van der Waals surface area contributed by atoms with Crippen LogP contribution in [0, 0.1) is 0 Å². The summed E-state index contributed by atoms with van der Waals surface area (Å²) in [5.41, 5.74) is 9.18. The molecule has 2 aromatic rings. The second-order valence-corrected chi connectivity index (χ2v) is 7.31. The Kier molecular flexibility index (Phi) is 7.02. The Morgan fingerprint density at radius 1 is 1.13 bits per heavy atom. The molecular formula is C23H29N3O5. The quantitative estimate of drug-likeness (QED) is 0.621. The number of ether oxygens (including phenoxy) is 3. The Balaban J connectivity index is 2.36. The average Bonchev–Trinajstić information content (AvgIpc) is 2.99. The molecule has 0 aliphatic heterocycles. The average molecular weight is 428 g/mol. The van der Waals surface area contributed by atoms with Crippen LogP contribution in [0.3, 0.4) is 0 Å². The van der Waals surface area contributed by atoms with Gasteiger partial charge >= 0.3 is 0 Å². The first-order valence-electron chi connectivity index (χ1n) is 10.2. The zero-order chi connectivity index (χ0) is 22.5. The van der Waals surface area contributed by atoms with Crippen LogP contribution in [0.4, 0.5) is 5.69 Å². The summed E-state index contributed by atoms with van der Waals surface area (Å²) in [6.07, 6.45) is 1.27. The summed E-state index contributed by atoms with van der Waals surface area (Å²) < 4.78 is 16.9. The second-order valence-electron chi connectivity index (χ2n) is 7.31. The van der Waals surface area contributed by atoms with E-state index < -0.39 is 0 Å². The van der Waals surface area contributed by atoms with Gasteiger partial charge in [-0.05, 0) is 47.7 Å². The lowest BCUT2D eigenvalue weighted by molar-refractivity contribution is -0.119. The van der Waals surface area contributed by atoms with Gasteiger partial charge in [0, 0.05) is 25.6 Å². The number of carbonyl (C=O) groups excluding carboxylic acids is 1. The molecule has 0 unspecified atom stereocenters. The van der Waals surface area contributed by atoms with E-state index in [2.05, 4.69) is 10.6 Å². The van der Waals surface area contributed by atoms with E-state index in [0.717, 1.165) is 22.3 Å². The number of rotatable bonds is 7. The number of benzene rings is 1. The molecule has 0 bridgehead atoms. The maximum Gasteiger partial charge on any atom is 0.217 e. The van der Waals surface area contributed by atoms with Crippen LogP contribution in [-0.2, 0) is 11.2 Å². The van der Waals surface area contributed by atoms with Crippen LogP contribution >= 0.6 is 0 Å². The summed E-state index contributed by atoms with van der Waals surface area (Å²) >= 11 is 0. The number of anilines is 1. The highest BCUT2D eigenvalue weighted by molar-refractivity contribution is 5.83. The molecule has 0 saturated heterocycles. The minimum atomic E-state index is -0.330. The van der Waals surface area contributed by atoms with Gasteiger partial charge in [0.05, 0.1) is 33.1 Å². The minimum Gasteiger partial charge on any atom is -0.493 e. The number of hydrogen-bond acceptors (Lipinski definition) is 7. The normalized spacial score (nSPS) is 14.5. The molecule has 1 aliphatic rings. The van der Waals surface area contributed by atoms with Crippen molar-refractivity contribution in [1.82, 2.24) is 5.32 Å². The first kappa shape index (κ1) is 22.4. The molecule has 3 rings (SSSR count). The molecule has 1 amide bonds. The number of aryl methyl sites for hydroxylation is 1. The van der Waals surface area contributed by atoms with Crippen molar-refractivity contribution in [3.8, 4) is 28.4 Å². The van der Waals surface area contributed by atoms with Crippen molar-refractivity contribution in [2.75, 3.05) is 39.7 Å². The van der Waals surface area contributed by atoms with E-state index >= 15 is 0 Å². The van der Waals surface area contributed by atoms with Gasteiger partial charge in [0.25, 0.3) is 0 Å². The fraction of sp³-hybridized carbons (Fsp3) is 0.391. The first-order chi connectivity index (χ1) is 14.9. The lowest BCUT2D eigenvalue weighted by atomic mass is 9.95. The molecular weight excluding hydrogens is 398 g/mol. The fourth-order valence-corrected chi connectivity index (χ4v) is 4.06. The summed E-state index contributed by atoms with van der Waals surface area (Å²) in [6, 6.07) is 6.80. The molecule has 0 aromatic heterocycles. The minimum absolute atomic E-state index is 0.163. The SMILES string of the molecule is COc1cc2c(c(OC)c1OC)-c1ccc(NCCN)c(=O)cc1[C@@H](NC(C)=O)CC2. The number of nitrogens with two attached hydrogens (primary N) is 1. The third-order valence-corrected chi connectivity index (χ3v) is 5.38. The third-order valence-electron chi connectivity index (χ3n) is 5.38. The molecule has 166 valence electrons. The van der Waals surface area contributed by atoms with E-state index in [9.17, 15) is 9.59 Å². The van der Waals surface area contributed by atoms with Crippen molar-refractivity contribution in [1.29, 1.82) is 0 Å². The van der Waals surface area contributed by atoms with Crippen LogP contribution in [-0.4, -0.2) is 40.3 Å². The molecule has 31 heavy (non-hydrogen) atoms. The van der Waals surface area contributed by atoms with Crippen molar-refractivity contribution >= 4 is 11.6 Å². The summed E-state index contributed by atoms with van der Waals surface area (Å²) in [6.45, 7) is 2.35. The number of methoxy groups -OCH3 is 3. The van der Waals surface area contributed by atoms with Crippen molar-refractivity contribution in [3.05, 3.63) is 45.6 Å². The largest absolute Gasteiger partial charge is 0.493 e. The Morgan fingerprint density at radius 2 is 1.87 bits per heavy atom. The van der Waals surface area contributed by atoms with Crippen LogP contribution in [0.15, 0.2) is 29.1 Å². The topological polar surface area (TPSA) is 112 Å². The van der Waals surface area contributed by atoms with E-state index in [0.29, 0.717) is 48.9 Å². The van der Waals surface area contributed by atoms with Gasteiger partial charge < -0.3 is 30.6 Å². The summed E-state index contributed by atoms with van der Waals surface area (Å²) in [4.78, 5) is 24.9. The Labute approximate surface area is 181 Å². The summed E-state index contributed by atoms with van der Waals surface area (Å²) in [5.74, 6) is 1.40. The van der Waals surface area contributed by atoms with Gasteiger partial charge in [-0.15, -0.1) is 0 Å². The maximum absolute atomic E-state index is 12.9. The molecule has 1 aliphatic carbocycles. The Hall–Kier alpha value is -3.26. The molecule has 4 N–H and O–H groups in total.